The van der Waals surface area contributed by atoms with Crippen molar-refractivity contribution in [2.24, 2.45) is 0 Å². The van der Waals surface area contributed by atoms with E-state index in [2.05, 4.69) is 71.8 Å². The maximum atomic E-state index is 13.0. The summed E-state index contributed by atoms with van der Waals surface area (Å²) < 4.78 is 5.46. The standard InChI is InChI=1S/C28H27NO2/c1-3-31-28(30)25-19-21(2)20-29(27(25)24-17-11-6-12-18-24)26(22-13-7-4-8-14-22)23-15-9-5-10-16-23/h4-20,26-27H,3H2,1-2H3. The molecule has 1 heterocycles. The summed E-state index contributed by atoms with van der Waals surface area (Å²) in [6, 6.07) is 30.7. The molecule has 3 aromatic rings. The minimum absolute atomic E-state index is 0.0549. The highest BCUT2D eigenvalue weighted by Gasteiger charge is 2.35. The van der Waals surface area contributed by atoms with Crippen LogP contribution >= 0.6 is 0 Å². The number of benzene rings is 3. The Morgan fingerprint density at radius 1 is 0.871 bits per heavy atom. The van der Waals surface area contributed by atoms with Gasteiger partial charge in [0.05, 0.1) is 24.3 Å². The van der Waals surface area contributed by atoms with Crippen molar-refractivity contribution < 1.29 is 9.53 Å². The van der Waals surface area contributed by atoms with Crippen LogP contribution in [0.5, 0.6) is 0 Å². The Balaban J connectivity index is 1.90. The van der Waals surface area contributed by atoms with Crippen LogP contribution in [0.3, 0.4) is 0 Å². The molecule has 0 aliphatic carbocycles. The zero-order valence-electron chi connectivity index (χ0n) is 17.9. The van der Waals surface area contributed by atoms with Gasteiger partial charge in [0.15, 0.2) is 0 Å². The van der Waals surface area contributed by atoms with E-state index in [-0.39, 0.29) is 18.1 Å². The van der Waals surface area contributed by atoms with Crippen molar-refractivity contribution in [1.29, 1.82) is 0 Å². The van der Waals surface area contributed by atoms with Crippen LogP contribution in [0.1, 0.15) is 42.6 Å². The van der Waals surface area contributed by atoms with Crippen LogP contribution in [0.4, 0.5) is 0 Å². The monoisotopic (exact) mass is 409 g/mol. The Kier molecular flexibility index (Phi) is 6.32. The van der Waals surface area contributed by atoms with Gasteiger partial charge in [0.1, 0.15) is 0 Å². The molecule has 0 fully saturated rings. The smallest absolute Gasteiger partial charge is 0.336 e. The van der Waals surface area contributed by atoms with E-state index in [1.807, 2.05) is 50.3 Å². The lowest BCUT2D eigenvalue weighted by Gasteiger charge is -2.41. The quantitative estimate of drug-likeness (QED) is 0.452. The fraction of sp³-hybridized carbons (Fsp3) is 0.179. The summed E-state index contributed by atoms with van der Waals surface area (Å²) in [7, 11) is 0. The molecule has 0 N–H and O–H groups in total. The highest BCUT2D eigenvalue weighted by atomic mass is 16.5. The lowest BCUT2D eigenvalue weighted by molar-refractivity contribution is -0.139. The first-order valence-corrected chi connectivity index (χ1v) is 10.7. The summed E-state index contributed by atoms with van der Waals surface area (Å²) in [6.45, 7) is 4.22. The van der Waals surface area contributed by atoms with E-state index in [1.165, 1.54) is 11.1 Å². The molecular weight excluding hydrogens is 382 g/mol. The molecule has 3 aromatic carbocycles. The zero-order chi connectivity index (χ0) is 21.6. The van der Waals surface area contributed by atoms with Gasteiger partial charge in [-0.1, -0.05) is 91.0 Å². The van der Waals surface area contributed by atoms with Crippen LogP contribution in [0.15, 0.2) is 114 Å². The van der Waals surface area contributed by atoms with E-state index in [1.54, 1.807) is 0 Å². The third kappa shape index (κ3) is 4.46. The predicted octanol–water partition coefficient (Wildman–Crippen LogP) is 6.23. The number of rotatable bonds is 6. The topological polar surface area (TPSA) is 29.5 Å². The number of allylic oxidation sites excluding steroid dienone is 2. The fourth-order valence-electron chi connectivity index (χ4n) is 4.23. The summed E-state index contributed by atoms with van der Waals surface area (Å²) in [5, 5.41) is 0. The van der Waals surface area contributed by atoms with Gasteiger partial charge < -0.3 is 9.64 Å². The summed E-state index contributed by atoms with van der Waals surface area (Å²) in [6.07, 6.45) is 4.12. The molecule has 0 bridgehead atoms. The molecule has 1 atom stereocenters. The van der Waals surface area contributed by atoms with E-state index in [4.69, 9.17) is 4.74 Å². The van der Waals surface area contributed by atoms with Gasteiger partial charge in [0.2, 0.25) is 0 Å². The highest BCUT2D eigenvalue weighted by molar-refractivity contribution is 5.91. The van der Waals surface area contributed by atoms with Crippen LogP contribution in [0.25, 0.3) is 0 Å². The number of nitrogens with zero attached hydrogens (tertiary/aromatic N) is 1. The first kappa shape index (κ1) is 20.7. The van der Waals surface area contributed by atoms with Gasteiger partial charge in [-0.25, -0.2) is 4.79 Å². The van der Waals surface area contributed by atoms with E-state index < -0.39 is 0 Å². The molecular formula is C28H27NO2. The number of hydrogen-bond donors (Lipinski definition) is 0. The minimum Gasteiger partial charge on any atom is -0.463 e. The molecule has 0 aromatic heterocycles. The first-order valence-electron chi connectivity index (χ1n) is 10.7. The molecule has 0 radical (unpaired) electrons. The molecule has 1 unspecified atom stereocenters. The molecule has 156 valence electrons. The molecule has 4 rings (SSSR count). The van der Waals surface area contributed by atoms with Crippen LogP contribution in [0.2, 0.25) is 0 Å². The lowest BCUT2D eigenvalue weighted by Crippen LogP contribution is -2.35. The predicted molar refractivity (Wildman–Crippen MR) is 124 cm³/mol. The number of carbonyl (C=O) groups excluding carboxylic acids is 1. The van der Waals surface area contributed by atoms with E-state index in [0.29, 0.717) is 12.2 Å². The van der Waals surface area contributed by atoms with Gasteiger partial charge in [-0.05, 0) is 42.2 Å². The number of ether oxygens (including phenoxy) is 1. The molecule has 31 heavy (non-hydrogen) atoms. The van der Waals surface area contributed by atoms with Crippen molar-refractivity contribution in [3.8, 4) is 0 Å². The van der Waals surface area contributed by atoms with Crippen molar-refractivity contribution in [3.63, 3.8) is 0 Å². The Hall–Kier alpha value is -3.59. The van der Waals surface area contributed by atoms with Crippen LogP contribution in [-0.4, -0.2) is 17.5 Å². The van der Waals surface area contributed by atoms with Crippen molar-refractivity contribution in [2.75, 3.05) is 6.61 Å². The summed E-state index contributed by atoms with van der Waals surface area (Å²) in [5.74, 6) is -0.270. The molecule has 3 heteroatoms. The second kappa shape index (κ2) is 9.48. The second-order valence-corrected chi connectivity index (χ2v) is 7.68. The minimum atomic E-state index is -0.270. The fourth-order valence-corrected chi connectivity index (χ4v) is 4.23. The average molecular weight is 410 g/mol. The molecule has 3 nitrogen and oxygen atoms in total. The number of hydrogen-bond acceptors (Lipinski definition) is 3. The van der Waals surface area contributed by atoms with Crippen molar-refractivity contribution >= 4 is 5.97 Å². The number of esters is 1. The Labute approximate surface area is 184 Å². The van der Waals surface area contributed by atoms with Gasteiger partial charge >= 0.3 is 5.97 Å². The van der Waals surface area contributed by atoms with E-state index in [9.17, 15) is 4.79 Å². The molecule has 0 saturated heterocycles. The molecule has 0 spiro atoms. The SMILES string of the molecule is CCOC(=O)C1=CC(C)=CN(C(c2ccccc2)c2ccccc2)C1c1ccccc1. The molecule has 0 amide bonds. The van der Waals surface area contributed by atoms with E-state index in [0.717, 1.165) is 11.1 Å². The summed E-state index contributed by atoms with van der Waals surface area (Å²) in [4.78, 5) is 15.3. The number of carbonyl (C=O) groups is 1. The van der Waals surface area contributed by atoms with Gasteiger partial charge in [0.25, 0.3) is 0 Å². The van der Waals surface area contributed by atoms with Crippen molar-refractivity contribution in [3.05, 3.63) is 131 Å². The van der Waals surface area contributed by atoms with Crippen LogP contribution < -0.4 is 0 Å². The second-order valence-electron chi connectivity index (χ2n) is 7.68. The summed E-state index contributed by atoms with van der Waals surface area (Å²) >= 11 is 0. The third-order valence-corrected chi connectivity index (χ3v) is 5.48. The third-order valence-electron chi connectivity index (χ3n) is 5.48. The van der Waals surface area contributed by atoms with Gasteiger partial charge in [-0.15, -0.1) is 0 Å². The largest absolute Gasteiger partial charge is 0.463 e. The maximum Gasteiger partial charge on any atom is 0.336 e. The molecule has 1 aliphatic heterocycles. The highest BCUT2D eigenvalue weighted by Crippen LogP contribution is 2.42. The van der Waals surface area contributed by atoms with Crippen LogP contribution in [-0.2, 0) is 9.53 Å². The normalized spacial score (nSPS) is 16.0. The van der Waals surface area contributed by atoms with Gasteiger partial charge in [-0.3, -0.25) is 0 Å². The molecule has 1 aliphatic rings. The maximum absolute atomic E-state index is 13.0. The first-order chi connectivity index (χ1) is 15.2. The average Bonchev–Trinajstić information content (AvgIpc) is 2.81. The van der Waals surface area contributed by atoms with Gasteiger partial charge in [0, 0.05) is 6.20 Å². The molecule has 0 saturated carbocycles. The zero-order valence-corrected chi connectivity index (χ0v) is 17.9. The van der Waals surface area contributed by atoms with E-state index >= 15 is 0 Å². The summed E-state index contributed by atoms with van der Waals surface area (Å²) in [5.41, 5.74) is 5.08. The Morgan fingerprint density at radius 2 is 1.39 bits per heavy atom. The van der Waals surface area contributed by atoms with Gasteiger partial charge in [-0.2, -0.15) is 0 Å². The Bertz CT molecular complexity index is 1030. The lowest BCUT2D eigenvalue weighted by atomic mass is 9.88. The van der Waals surface area contributed by atoms with Crippen molar-refractivity contribution in [1.82, 2.24) is 4.90 Å². The van der Waals surface area contributed by atoms with Crippen LogP contribution in [0, 0.1) is 0 Å². The van der Waals surface area contributed by atoms with Crippen molar-refractivity contribution in [2.45, 2.75) is 25.9 Å². The Morgan fingerprint density at radius 3 is 1.90 bits per heavy atom.